The molecule has 0 saturated heterocycles. The Morgan fingerprint density at radius 2 is 0.956 bits per heavy atom. The maximum atomic E-state index is 12.5. The molecule has 10 nitrogen and oxygen atoms in total. The van der Waals surface area contributed by atoms with E-state index in [1.54, 1.807) is 0 Å². The Bertz CT molecular complexity index is 736. The Morgan fingerprint density at radius 3 is 1.38 bits per heavy atom. The Labute approximate surface area is 273 Å². The molecular formula is C34H67O10P. The minimum absolute atomic E-state index is 0.191. The fourth-order valence-corrected chi connectivity index (χ4v) is 5.72. The summed E-state index contributed by atoms with van der Waals surface area (Å²) in [6.07, 6.45) is 23.6. The monoisotopic (exact) mass is 666 g/mol. The summed E-state index contributed by atoms with van der Waals surface area (Å²) < 4.78 is 32.5. The van der Waals surface area contributed by atoms with Crippen LogP contribution in [0.5, 0.6) is 0 Å². The van der Waals surface area contributed by atoms with Gasteiger partial charge >= 0.3 is 19.8 Å². The fourth-order valence-electron chi connectivity index (χ4n) is 4.93. The van der Waals surface area contributed by atoms with E-state index in [1.807, 2.05) is 0 Å². The van der Waals surface area contributed by atoms with E-state index in [9.17, 15) is 24.2 Å². The first-order chi connectivity index (χ1) is 21.7. The van der Waals surface area contributed by atoms with E-state index in [1.165, 1.54) is 89.9 Å². The van der Waals surface area contributed by atoms with Gasteiger partial charge in [0, 0.05) is 12.8 Å². The van der Waals surface area contributed by atoms with Crippen molar-refractivity contribution in [3.63, 3.8) is 0 Å². The van der Waals surface area contributed by atoms with E-state index in [4.69, 9.17) is 19.1 Å². The zero-order valence-corrected chi connectivity index (χ0v) is 29.5. The number of carbonyl (C=O) groups excluding carboxylic acids is 2. The van der Waals surface area contributed by atoms with Gasteiger partial charge < -0.3 is 24.6 Å². The van der Waals surface area contributed by atoms with Crippen LogP contribution in [-0.2, 0) is 32.7 Å². The molecule has 0 aromatic heterocycles. The van der Waals surface area contributed by atoms with Crippen molar-refractivity contribution in [3.8, 4) is 0 Å². The second kappa shape index (κ2) is 31.6. The van der Waals surface area contributed by atoms with Crippen LogP contribution in [-0.4, -0.2) is 65.7 Å². The third-order valence-electron chi connectivity index (χ3n) is 7.76. The van der Waals surface area contributed by atoms with Gasteiger partial charge in [0.2, 0.25) is 0 Å². The average Bonchev–Trinajstić information content (AvgIpc) is 3.02. The van der Waals surface area contributed by atoms with Gasteiger partial charge in [-0.05, 0) is 12.8 Å². The second-order valence-electron chi connectivity index (χ2n) is 12.3. The number of phosphoric ester groups is 1. The maximum absolute atomic E-state index is 12.5. The summed E-state index contributed by atoms with van der Waals surface area (Å²) >= 11 is 0. The van der Waals surface area contributed by atoms with Crippen LogP contribution in [0, 0.1) is 0 Å². The lowest BCUT2D eigenvalue weighted by molar-refractivity contribution is -0.161. The maximum Gasteiger partial charge on any atom is 0.472 e. The van der Waals surface area contributed by atoms with Gasteiger partial charge in [-0.3, -0.25) is 18.6 Å². The molecule has 268 valence electrons. The van der Waals surface area contributed by atoms with E-state index in [0.29, 0.717) is 12.8 Å². The van der Waals surface area contributed by atoms with Crippen molar-refractivity contribution in [1.29, 1.82) is 0 Å². The lowest BCUT2D eigenvalue weighted by atomic mass is 10.1. The minimum atomic E-state index is -4.60. The van der Waals surface area contributed by atoms with Crippen LogP contribution in [0.1, 0.15) is 168 Å². The molecule has 0 radical (unpaired) electrons. The van der Waals surface area contributed by atoms with Gasteiger partial charge in [-0.25, -0.2) is 4.57 Å². The number of rotatable bonds is 34. The van der Waals surface area contributed by atoms with Crippen LogP contribution < -0.4 is 0 Å². The van der Waals surface area contributed by atoms with Crippen molar-refractivity contribution in [2.75, 3.05) is 26.4 Å². The summed E-state index contributed by atoms with van der Waals surface area (Å²) in [7, 11) is -4.60. The first-order valence-corrected chi connectivity index (χ1v) is 19.5. The predicted octanol–water partition coefficient (Wildman–Crippen LogP) is 8.33. The summed E-state index contributed by atoms with van der Waals surface area (Å²) in [5.41, 5.74) is 0. The second-order valence-corrected chi connectivity index (χ2v) is 13.7. The smallest absolute Gasteiger partial charge is 0.462 e. The number of aliphatic hydroxyl groups excluding tert-OH is 2. The highest BCUT2D eigenvalue weighted by atomic mass is 31.2. The minimum Gasteiger partial charge on any atom is -0.462 e. The Hall–Kier alpha value is -1.03. The first kappa shape index (κ1) is 44.0. The average molecular weight is 667 g/mol. The largest absolute Gasteiger partial charge is 0.472 e. The highest BCUT2D eigenvalue weighted by molar-refractivity contribution is 7.47. The lowest BCUT2D eigenvalue weighted by Crippen LogP contribution is -2.29. The van der Waals surface area contributed by atoms with Crippen LogP contribution >= 0.6 is 7.82 Å². The molecule has 0 fully saturated rings. The predicted molar refractivity (Wildman–Crippen MR) is 178 cm³/mol. The molecule has 0 aromatic rings. The van der Waals surface area contributed by atoms with E-state index < -0.39 is 51.8 Å². The molecule has 11 heteroatoms. The number of esters is 2. The Balaban J connectivity index is 4.39. The summed E-state index contributed by atoms with van der Waals surface area (Å²) in [6.45, 7) is 2.35. The van der Waals surface area contributed by atoms with Gasteiger partial charge in [-0.15, -0.1) is 0 Å². The molecule has 0 aliphatic rings. The van der Waals surface area contributed by atoms with Crippen molar-refractivity contribution in [3.05, 3.63) is 0 Å². The van der Waals surface area contributed by atoms with Gasteiger partial charge in [0.1, 0.15) is 12.7 Å². The van der Waals surface area contributed by atoms with Crippen molar-refractivity contribution in [1.82, 2.24) is 0 Å². The van der Waals surface area contributed by atoms with Crippen molar-refractivity contribution in [2.45, 2.75) is 180 Å². The van der Waals surface area contributed by atoms with Crippen LogP contribution in [0.4, 0.5) is 0 Å². The van der Waals surface area contributed by atoms with Crippen molar-refractivity contribution < 1.29 is 47.8 Å². The van der Waals surface area contributed by atoms with E-state index >= 15 is 0 Å². The highest BCUT2D eigenvalue weighted by Gasteiger charge is 2.27. The molecule has 0 amide bonds. The van der Waals surface area contributed by atoms with Crippen LogP contribution in [0.25, 0.3) is 0 Å². The molecule has 0 spiro atoms. The third-order valence-corrected chi connectivity index (χ3v) is 8.71. The van der Waals surface area contributed by atoms with E-state index in [2.05, 4.69) is 18.4 Å². The number of carbonyl (C=O) groups is 2. The normalized spacial score (nSPS) is 14.2. The molecule has 3 N–H and O–H groups in total. The van der Waals surface area contributed by atoms with Gasteiger partial charge in [0.25, 0.3) is 0 Å². The molecule has 45 heavy (non-hydrogen) atoms. The SMILES string of the molecule is CCCCCCCCCCCCCC(=O)OC[C@H](COP(=O)(O)OC[C@H](O)CO)OC(=O)CCCCCCCCCCCCC. The Morgan fingerprint density at radius 1 is 0.578 bits per heavy atom. The molecule has 0 bridgehead atoms. The number of hydrogen-bond acceptors (Lipinski definition) is 9. The van der Waals surface area contributed by atoms with Crippen molar-refractivity contribution in [2.24, 2.45) is 0 Å². The molecule has 0 aromatic carbocycles. The molecule has 1 unspecified atom stereocenters. The zero-order valence-electron chi connectivity index (χ0n) is 28.6. The van der Waals surface area contributed by atoms with Crippen molar-refractivity contribution >= 4 is 19.8 Å². The lowest BCUT2D eigenvalue weighted by Gasteiger charge is -2.20. The number of ether oxygens (including phenoxy) is 2. The molecule has 0 aliphatic heterocycles. The van der Waals surface area contributed by atoms with Gasteiger partial charge in [0.05, 0.1) is 19.8 Å². The molecule has 0 aliphatic carbocycles. The van der Waals surface area contributed by atoms with Gasteiger partial charge in [-0.2, -0.15) is 0 Å². The highest BCUT2D eigenvalue weighted by Crippen LogP contribution is 2.43. The quantitative estimate of drug-likeness (QED) is 0.0348. The summed E-state index contributed by atoms with van der Waals surface area (Å²) in [4.78, 5) is 34.7. The van der Waals surface area contributed by atoms with E-state index in [-0.39, 0.29) is 19.4 Å². The fraction of sp³-hybridized carbons (Fsp3) is 0.941. The number of hydrogen-bond donors (Lipinski definition) is 3. The number of phosphoric acid groups is 1. The molecule has 0 rings (SSSR count). The Kier molecular flexibility index (Phi) is 30.8. The molecule has 3 atom stereocenters. The zero-order chi connectivity index (χ0) is 33.4. The van der Waals surface area contributed by atoms with Crippen LogP contribution in [0.3, 0.4) is 0 Å². The third kappa shape index (κ3) is 31.3. The van der Waals surface area contributed by atoms with Crippen LogP contribution in [0.2, 0.25) is 0 Å². The van der Waals surface area contributed by atoms with Crippen LogP contribution in [0.15, 0.2) is 0 Å². The number of unbranched alkanes of at least 4 members (excludes halogenated alkanes) is 20. The number of aliphatic hydroxyl groups is 2. The van der Waals surface area contributed by atoms with Gasteiger partial charge in [0.15, 0.2) is 6.10 Å². The summed E-state index contributed by atoms with van der Waals surface area (Å²) in [6, 6.07) is 0. The first-order valence-electron chi connectivity index (χ1n) is 18.0. The molecule has 0 saturated carbocycles. The molecular weight excluding hydrogens is 599 g/mol. The topological polar surface area (TPSA) is 149 Å². The summed E-state index contributed by atoms with van der Waals surface area (Å²) in [5, 5.41) is 18.2. The molecule has 0 heterocycles. The standard InChI is InChI=1S/C34H67O10P/c1-3-5-7-9-11-13-15-17-19-21-23-25-33(37)41-29-32(30-43-45(39,40)42-28-31(36)27-35)44-34(38)26-24-22-20-18-16-14-12-10-8-6-4-2/h31-32,35-36H,3-30H2,1-2H3,(H,39,40)/t31-,32-/m1/s1. The summed E-state index contributed by atoms with van der Waals surface area (Å²) in [5.74, 6) is -0.919. The van der Waals surface area contributed by atoms with E-state index in [0.717, 1.165) is 38.5 Å². The van der Waals surface area contributed by atoms with Gasteiger partial charge in [-0.1, -0.05) is 142 Å².